The van der Waals surface area contributed by atoms with Gasteiger partial charge in [-0.3, -0.25) is 0 Å². The molecule has 0 spiro atoms. The molecule has 1 nitrogen and oxygen atoms in total. The van der Waals surface area contributed by atoms with Crippen LogP contribution < -0.4 is 5.32 Å². The Balaban J connectivity index is 2.39. The second kappa shape index (κ2) is 6.81. The van der Waals surface area contributed by atoms with E-state index in [0.29, 0.717) is 10.0 Å². The van der Waals surface area contributed by atoms with Crippen LogP contribution in [0.2, 0.25) is 5.02 Å². The van der Waals surface area contributed by atoms with Gasteiger partial charge in [-0.05, 0) is 37.2 Å². The monoisotopic (exact) mass is 377 g/mol. The van der Waals surface area contributed by atoms with Gasteiger partial charge in [-0.1, -0.05) is 39.7 Å². The third-order valence-corrected chi connectivity index (χ3v) is 4.08. The van der Waals surface area contributed by atoms with Crippen molar-refractivity contribution in [3.8, 4) is 0 Å². The Labute approximate surface area is 134 Å². The van der Waals surface area contributed by atoms with E-state index in [0.717, 1.165) is 0 Å². The highest BCUT2D eigenvalue weighted by atomic mass is 79.9. The summed E-state index contributed by atoms with van der Waals surface area (Å²) in [6.45, 7) is 0. The highest BCUT2D eigenvalue weighted by Crippen LogP contribution is 2.29. The number of nitrogens with one attached hydrogen (secondary N) is 1. The molecule has 2 rings (SSSR count). The van der Waals surface area contributed by atoms with Gasteiger partial charge < -0.3 is 5.32 Å². The first-order valence-corrected chi connectivity index (χ1v) is 7.35. The Morgan fingerprint density at radius 2 is 1.76 bits per heavy atom. The number of rotatable bonds is 4. The van der Waals surface area contributed by atoms with Gasteiger partial charge in [0.2, 0.25) is 0 Å². The summed E-state index contributed by atoms with van der Waals surface area (Å²) in [5, 5.41) is 2.81. The molecule has 2 aromatic rings. The molecule has 1 N–H and O–H groups in total. The summed E-state index contributed by atoms with van der Waals surface area (Å²) < 4.78 is 41.8. The predicted molar refractivity (Wildman–Crippen MR) is 81.0 cm³/mol. The van der Waals surface area contributed by atoms with E-state index < -0.39 is 23.5 Å². The van der Waals surface area contributed by atoms with Crippen molar-refractivity contribution < 1.29 is 13.2 Å². The lowest BCUT2D eigenvalue weighted by molar-refractivity contribution is 0.488. The van der Waals surface area contributed by atoms with E-state index in [1.807, 2.05) is 0 Å². The molecule has 0 aliphatic heterocycles. The van der Waals surface area contributed by atoms with Gasteiger partial charge >= 0.3 is 0 Å². The average Bonchev–Trinajstić information content (AvgIpc) is 2.41. The molecule has 0 radical (unpaired) electrons. The molecule has 0 aliphatic carbocycles. The molecule has 6 heteroatoms. The summed E-state index contributed by atoms with van der Waals surface area (Å²) in [4.78, 5) is 0. The molecule has 0 saturated heterocycles. The maximum absolute atomic E-state index is 14.0. The van der Waals surface area contributed by atoms with Gasteiger partial charge in [0.1, 0.15) is 17.5 Å². The lowest BCUT2D eigenvalue weighted by Gasteiger charge is -2.19. The number of likely N-dealkylation sites (N-methyl/N-ethyl adjacent to an activating group) is 1. The lowest BCUT2D eigenvalue weighted by Crippen LogP contribution is -2.22. The molecular formula is C15H12BrClF3N. The number of hydrogen-bond acceptors (Lipinski definition) is 1. The van der Waals surface area contributed by atoms with Gasteiger partial charge in [0.25, 0.3) is 0 Å². The first-order chi connectivity index (χ1) is 9.93. The van der Waals surface area contributed by atoms with Crippen LogP contribution >= 0.6 is 27.5 Å². The molecule has 2 aromatic carbocycles. The van der Waals surface area contributed by atoms with E-state index in [-0.39, 0.29) is 17.0 Å². The van der Waals surface area contributed by atoms with Gasteiger partial charge in [0, 0.05) is 16.1 Å². The number of benzene rings is 2. The Morgan fingerprint density at radius 1 is 1.14 bits per heavy atom. The lowest BCUT2D eigenvalue weighted by atomic mass is 9.98. The van der Waals surface area contributed by atoms with Crippen molar-refractivity contribution in [2.75, 3.05) is 7.05 Å². The Bertz CT molecular complexity index is 640. The van der Waals surface area contributed by atoms with Crippen LogP contribution in [0, 0.1) is 17.5 Å². The van der Waals surface area contributed by atoms with E-state index in [1.165, 1.54) is 24.3 Å². The van der Waals surface area contributed by atoms with Crippen molar-refractivity contribution >= 4 is 27.5 Å². The molecule has 0 saturated carbocycles. The molecule has 1 atom stereocenters. The van der Waals surface area contributed by atoms with Crippen LogP contribution in [0.3, 0.4) is 0 Å². The molecule has 0 aromatic heterocycles. The topological polar surface area (TPSA) is 12.0 Å². The van der Waals surface area contributed by atoms with Crippen molar-refractivity contribution in [3.05, 3.63) is 68.4 Å². The summed E-state index contributed by atoms with van der Waals surface area (Å²) in [6.07, 6.45) is 0.169. The van der Waals surface area contributed by atoms with E-state index in [1.54, 1.807) is 13.1 Å². The summed E-state index contributed by atoms with van der Waals surface area (Å²) >= 11 is 8.92. The maximum atomic E-state index is 14.0. The largest absolute Gasteiger partial charge is 0.313 e. The van der Waals surface area contributed by atoms with Crippen LogP contribution in [0.4, 0.5) is 13.2 Å². The quantitative estimate of drug-likeness (QED) is 0.787. The minimum atomic E-state index is -0.672. The maximum Gasteiger partial charge on any atom is 0.142 e. The molecule has 0 heterocycles. The van der Waals surface area contributed by atoms with Crippen molar-refractivity contribution in [2.45, 2.75) is 12.5 Å². The molecule has 0 amide bonds. The van der Waals surface area contributed by atoms with Gasteiger partial charge in [0.15, 0.2) is 0 Å². The van der Waals surface area contributed by atoms with Crippen LogP contribution in [-0.2, 0) is 6.42 Å². The van der Waals surface area contributed by atoms with Crippen molar-refractivity contribution in [1.29, 1.82) is 0 Å². The van der Waals surface area contributed by atoms with E-state index in [2.05, 4.69) is 21.2 Å². The summed E-state index contributed by atoms with van der Waals surface area (Å²) in [5.74, 6) is -1.90. The van der Waals surface area contributed by atoms with Crippen LogP contribution in [0.1, 0.15) is 17.2 Å². The Kier molecular flexibility index (Phi) is 5.30. The molecule has 0 aliphatic rings. The van der Waals surface area contributed by atoms with Crippen LogP contribution in [-0.4, -0.2) is 7.05 Å². The summed E-state index contributed by atoms with van der Waals surface area (Å²) in [5.41, 5.74) is 0.388. The van der Waals surface area contributed by atoms with Gasteiger partial charge in [-0.25, -0.2) is 13.2 Å². The fourth-order valence-electron chi connectivity index (χ4n) is 2.16. The summed E-state index contributed by atoms with van der Waals surface area (Å²) in [6, 6.07) is 6.10. The zero-order chi connectivity index (χ0) is 15.6. The van der Waals surface area contributed by atoms with Gasteiger partial charge in [0.05, 0.1) is 5.02 Å². The highest BCUT2D eigenvalue weighted by Gasteiger charge is 2.21. The Morgan fingerprint density at radius 3 is 2.33 bits per heavy atom. The molecule has 21 heavy (non-hydrogen) atoms. The molecule has 1 unspecified atom stereocenters. The minimum Gasteiger partial charge on any atom is -0.313 e. The zero-order valence-electron chi connectivity index (χ0n) is 11.1. The number of hydrogen-bond donors (Lipinski definition) is 1. The van der Waals surface area contributed by atoms with Gasteiger partial charge in [-0.15, -0.1) is 0 Å². The average molecular weight is 379 g/mol. The minimum absolute atomic E-state index is 0.0318. The van der Waals surface area contributed by atoms with Crippen molar-refractivity contribution in [2.24, 2.45) is 0 Å². The summed E-state index contributed by atoms with van der Waals surface area (Å²) in [7, 11) is 1.58. The molecule has 0 bridgehead atoms. The van der Waals surface area contributed by atoms with Gasteiger partial charge in [-0.2, -0.15) is 0 Å². The first-order valence-electron chi connectivity index (χ1n) is 6.18. The van der Waals surface area contributed by atoms with E-state index >= 15 is 0 Å². The van der Waals surface area contributed by atoms with E-state index in [9.17, 15) is 13.2 Å². The third kappa shape index (κ3) is 3.59. The first kappa shape index (κ1) is 16.3. The van der Waals surface area contributed by atoms with Crippen molar-refractivity contribution in [1.82, 2.24) is 5.32 Å². The second-order valence-corrected chi connectivity index (χ2v) is 5.84. The normalized spacial score (nSPS) is 12.5. The van der Waals surface area contributed by atoms with Crippen LogP contribution in [0.5, 0.6) is 0 Å². The van der Waals surface area contributed by atoms with E-state index in [4.69, 9.17) is 11.6 Å². The SMILES string of the molecule is CNC(Cc1cccc(F)c1Cl)c1c(F)cc(Br)cc1F. The molecule has 112 valence electrons. The standard InChI is InChI=1S/C15H12BrClF3N/c1-21-13(5-8-3-2-4-10(18)15(8)17)14-11(19)6-9(16)7-12(14)20/h2-4,6-7,13,21H,5H2,1H3. The predicted octanol–water partition coefficient (Wildman–Crippen LogP) is 5.02. The molecular weight excluding hydrogens is 367 g/mol. The highest BCUT2D eigenvalue weighted by molar-refractivity contribution is 9.10. The smallest absolute Gasteiger partial charge is 0.142 e. The number of halogens is 5. The Hall–Kier alpha value is -1.04. The van der Waals surface area contributed by atoms with Crippen LogP contribution in [0.15, 0.2) is 34.8 Å². The fourth-order valence-corrected chi connectivity index (χ4v) is 2.77. The molecule has 0 fully saturated rings. The fraction of sp³-hybridized carbons (Fsp3) is 0.200. The van der Waals surface area contributed by atoms with Crippen LogP contribution in [0.25, 0.3) is 0 Å². The zero-order valence-corrected chi connectivity index (χ0v) is 13.4. The third-order valence-electron chi connectivity index (χ3n) is 3.20. The van der Waals surface area contributed by atoms with Crippen molar-refractivity contribution in [3.63, 3.8) is 0 Å². The second-order valence-electron chi connectivity index (χ2n) is 4.54.